The molecule has 3 N–H and O–H groups in total. The zero-order chi connectivity index (χ0) is 14.3. The number of halogens is 3. The first-order chi connectivity index (χ1) is 9.54. The number of nitrogens with two attached hydrogens (primary N) is 1. The number of nitrogens with one attached hydrogen (secondary N) is 1. The monoisotopic (exact) mass is 310 g/mol. The van der Waals surface area contributed by atoms with Gasteiger partial charge in [-0.05, 0) is 48.2 Å². The second-order valence-electron chi connectivity index (χ2n) is 4.95. The molecule has 0 fully saturated rings. The Morgan fingerprint density at radius 1 is 1.15 bits per heavy atom. The molecule has 5 heteroatoms. The average molecular weight is 311 g/mol. The first kappa shape index (κ1) is 13.5. The fourth-order valence-electron chi connectivity index (χ4n) is 2.63. The summed E-state index contributed by atoms with van der Waals surface area (Å²) in [4.78, 5) is 0. The van der Waals surface area contributed by atoms with Gasteiger partial charge in [0.25, 0.3) is 0 Å². The molecule has 104 valence electrons. The second-order valence-corrected chi connectivity index (χ2v) is 5.76. The molecule has 2 aromatic rings. The van der Waals surface area contributed by atoms with E-state index in [0.29, 0.717) is 0 Å². The van der Waals surface area contributed by atoms with Gasteiger partial charge in [-0.3, -0.25) is 0 Å². The first-order valence-corrected chi connectivity index (χ1v) is 7.09. The largest absolute Gasteiger partial charge is 0.399 e. The van der Waals surface area contributed by atoms with Gasteiger partial charge >= 0.3 is 0 Å². The van der Waals surface area contributed by atoms with Gasteiger partial charge in [0, 0.05) is 11.4 Å². The van der Waals surface area contributed by atoms with Crippen LogP contribution < -0.4 is 11.1 Å². The van der Waals surface area contributed by atoms with Crippen LogP contribution in [0.5, 0.6) is 0 Å². The number of nitrogen functional groups attached to an aromatic ring is 1. The molecule has 0 spiro atoms. The molecule has 0 bridgehead atoms. The van der Waals surface area contributed by atoms with Gasteiger partial charge in [-0.15, -0.1) is 0 Å². The van der Waals surface area contributed by atoms with Crippen LogP contribution >= 0.6 is 23.2 Å². The summed E-state index contributed by atoms with van der Waals surface area (Å²) in [6.07, 6.45) is 1.94. The number of rotatable bonds is 2. The summed E-state index contributed by atoms with van der Waals surface area (Å²) in [5.74, 6) is -0.585. The van der Waals surface area contributed by atoms with Gasteiger partial charge in [-0.2, -0.15) is 0 Å². The molecule has 0 saturated carbocycles. The Kier molecular flexibility index (Phi) is 3.48. The Morgan fingerprint density at radius 3 is 2.55 bits per heavy atom. The Morgan fingerprint density at radius 2 is 1.85 bits per heavy atom. The molecule has 2 nitrogen and oxygen atoms in total. The summed E-state index contributed by atoms with van der Waals surface area (Å²) < 4.78 is 13.4. The van der Waals surface area contributed by atoms with E-state index in [1.54, 1.807) is 12.1 Å². The smallest absolute Gasteiger partial charge is 0.160 e. The predicted octanol–water partition coefficient (Wildman–Crippen LogP) is 4.81. The normalized spacial score (nSPS) is 17.1. The standard InChI is InChI=1S/C15H13Cl2FN2/c16-12-6-10(7-13(17)15(12)18)20-14-4-1-8-5-9(19)2-3-11(8)14/h2-3,5-7,14,20H,1,4,19H2. The highest BCUT2D eigenvalue weighted by Crippen LogP contribution is 2.36. The van der Waals surface area contributed by atoms with E-state index in [1.165, 1.54) is 11.1 Å². The minimum atomic E-state index is -0.585. The summed E-state index contributed by atoms with van der Waals surface area (Å²) in [5.41, 5.74) is 9.75. The van der Waals surface area contributed by atoms with E-state index in [9.17, 15) is 4.39 Å². The summed E-state index contributed by atoms with van der Waals surface area (Å²) in [6.45, 7) is 0. The average Bonchev–Trinajstić information content (AvgIpc) is 2.78. The lowest BCUT2D eigenvalue weighted by molar-refractivity contribution is 0.628. The van der Waals surface area contributed by atoms with Crippen molar-refractivity contribution < 1.29 is 4.39 Å². The molecule has 1 aliphatic carbocycles. The predicted molar refractivity (Wildman–Crippen MR) is 82.0 cm³/mol. The van der Waals surface area contributed by atoms with Gasteiger partial charge in [0.1, 0.15) is 0 Å². The van der Waals surface area contributed by atoms with Gasteiger partial charge in [-0.1, -0.05) is 29.3 Å². The molecule has 2 aromatic carbocycles. The van der Waals surface area contributed by atoms with Crippen molar-refractivity contribution in [3.63, 3.8) is 0 Å². The summed E-state index contributed by atoms with van der Waals surface area (Å²) in [5, 5.41) is 3.40. The maximum absolute atomic E-state index is 13.4. The van der Waals surface area contributed by atoms with Crippen molar-refractivity contribution in [1.29, 1.82) is 0 Å². The maximum Gasteiger partial charge on any atom is 0.160 e. The lowest BCUT2D eigenvalue weighted by atomic mass is 10.1. The lowest BCUT2D eigenvalue weighted by Gasteiger charge is -2.16. The molecule has 20 heavy (non-hydrogen) atoms. The quantitative estimate of drug-likeness (QED) is 0.617. The number of benzene rings is 2. The highest BCUT2D eigenvalue weighted by atomic mass is 35.5. The summed E-state index contributed by atoms with van der Waals surface area (Å²) >= 11 is 11.6. The fraction of sp³-hybridized carbons (Fsp3) is 0.200. The third kappa shape index (κ3) is 2.43. The number of fused-ring (bicyclic) bond motifs is 1. The zero-order valence-electron chi connectivity index (χ0n) is 10.6. The molecule has 3 rings (SSSR count). The Labute approximate surface area is 126 Å². The third-order valence-electron chi connectivity index (χ3n) is 3.57. The van der Waals surface area contributed by atoms with Crippen LogP contribution in [0, 0.1) is 5.82 Å². The molecule has 0 saturated heterocycles. The highest BCUT2D eigenvalue weighted by molar-refractivity contribution is 6.35. The zero-order valence-corrected chi connectivity index (χ0v) is 12.1. The van der Waals surface area contributed by atoms with E-state index in [2.05, 4.69) is 5.32 Å². The Balaban J connectivity index is 1.87. The van der Waals surface area contributed by atoms with Crippen molar-refractivity contribution in [2.75, 3.05) is 11.1 Å². The van der Waals surface area contributed by atoms with Gasteiger partial charge in [-0.25, -0.2) is 4.39 Å². The van der Waals surface area contributed by atoms with Gasteiger partial charge < -0.3 is 11.1 Å². The third-order valence-corrected chi connectivity index (χ3v) is 4.12. The maximum atomic E-state index is 13.4. The molecule has 0 heterocycles. The Bertz CT molecular complexity index is 650. The minimum Gasteiger partial charge on any atom is -0.399 e. The van der Waals surface area contributed by atoms with Crippen LogP contribution in [0.15, 0.2) is 30.3 Å². The van der Waals surface area contributed by atoms with Crippen LogP contribution in [-0.4, -0.2) is 0 Å². The first-order valence-electron chi connectivity index (χ1n) is 6.34. The van der Waals surface area contributed by atoms with Gasteiger partial charge in [0.15, 0.2) is 5.82 Å². The van der Waals surface area contributed by atoms with Crippen LogP contribution in [-0.2, 0) is 6.42 Å². The van der Waals surface area contributed by atoms with E-state index in [1.807, 2.05) is 18.2 Å². The van der Waals surface area contributed by atoms with E-state index in [-0.39, 0.29) is 16.1 Å². The summed E-state index contributed by atoms with van der Waals surface area (Å²) in [6, 6.07) is 9.20. The van der Waals surface area contributed by atoms with Crippen molar-refractivity contribution in [3.05, 3.63) is 57.3 Å². The van der Waals surface area contributed by atoms with Gasteiger partial charge in [0.05, 0.1) is 16.1 Å². The van der Waals surface area contributed by atoms with Crippen LogP contribution in [0.4, 0.5) is 15.8 Å². The SMILES string of the molecule is Nc1ccc2c(c1)CCC2Nc1cc(Cl)c(F)c(Cl)c1. The molecule has 0 aromatic heterocycles. The van der Waals surface area contributed by atoms with Crippen LogP contribution in [0.3, 0.4) is 0 Å². The van der Waals surface area contributed by atoms with E-state index < -0.39 is 5.82 Å². The van der Waals surface area contributed by atoms with Crippen LogP contribution in [0.2, 0.25) is 10.0 Å². The van der Waals surface area contributed by atoms with E-state index >= 15 is 0 Å². The van der Waals surface area contributed by atoms with Crippen LogP contribution in [0.25, 0.3) is 0 Å². The number of hydrogen-bond donors (Lipinski definition) is 2. The Hall–Kier alpha value is -1.45. The van der Waals surface area contributed by atoms with Crippen molar-refractivity contribution in [2.24, 2.45) is 0 Å². The van der Waals surface area contributed by atoms with Crippen molar-refractivity contribution in [3.8, 4) is 0 Å². The van der Waals surface area contributed by atoms with Crippen molar-refractivity contribution in [1.82, 2.24) is 0 Å². The number of aryl methyl sites for hydroxylation is 1. The number of anilines is 2. The topological polar surface area (TPSA) is 38.0 Å². The molecule has 0 aliphatic heterocycles. The molecule has 0 radical (unpaired) electrons. The number of hydrogen-bond acceptors (Lipinski definition) is 2. The van der Waals surface area contributed by atoms with Crippen molar-refractivity contribution in [2.45, 2.75) is 18.9 Å². The molecule has 1 aliphatic rings. The lowest BCUT2D eigenvalue weighted by Crippen LogP contribution is -2.07. The second kappa shape index (κ2) is 5.15. The van der Waals surface area contributed by atoms with E-state index in [4.69, 9.17) is 28.9 Å². The van der Waals surface area contributed by atoms with E-state index in [0.717, 1.165) is 24.2 Å². The minimum absolute atomic E-state index is 0.0236. The fourth-order valence-corrected chi connectivity index (χ4v) is 3.11. The molecule has 1 unspecified atom stereocenters. The molecular formula is C15H13Cl2FN2. The van der Waals surface area contributed by atoms with Crippen molar-refractivity contribution >= 4 is 34.6 Å². The highest BCUT2D eigenvalue weighted by Gasteiger charge is 2.22. The molecule has 1 atom stereocenters. The van der Waals surface area contributed by atoms with Crippen LogP contribution in [0.1, 0.15) is 23.6 Å². The molecule has 0 amide bonds. The summed E-state index contributed by atoms with van der Waals surface area (Å²) in [7, 11) is 0. The van der Waals surface area contributed by atoms with Gasteiger partial charge in [0.2, 0.25) is 0 Å². The molecular weight excluding hydrogens is 298 g/mol.